The summed E-state index contributed by atoms with van der Waals surface area (Å²) in [5.41, 5.74) is 5.71. The lowest BCUT2D eigenvalue weighted by molar-refractivity contribution is -0.671. The van der Waals surface area contributed by atoms with Gasteiger partial charge < -0.3 is 21.0 Å². The highest BCUT2D eigenvalue weighted by Crippen LogP contribution is 2.41. The number of aromatic nitrogens is 2. The number of anilines is 1. The average Bonchev–Trinajstić information content (AvgIpc) is 3.25. The Morgan fingerprint density at radius 3 is 2.79 bits per heavy atom. The van der Waals surface area contributed by atoms with E-state index in [0.29, 0.717) is 16.4 Å². The van der Waals surface area contributed by atoms with Crippen LogP contribution in [-0.2, 0) is 26.3 Å². The van der Waals surface area contributed by atoms with Gasteiger partial charge in [0.05, 0.1) is 6.04 Å². The van der Waals surface area contributed by atoms with Crippen molar-refractivity contribution in [3.8, 4) is 0 Å². The number of aryl methyl sites for hydroxylation is 1. The van der Waals surface area contributed by atoms with E-state index in [4.69, 9.17) is 10.6 Å². The standard InChI is InChI=1S/C20H20N6O5S3/c1-25-5-3-10(4-6-25)32-9-13-16(19(29)30)26-12(8-33-13)15(18(26)28)23-17(27)14(24-31-2)11-7-34-20(21)22-11/h3-7,12,15H,8-9H2,1-2H3,(H3-,21,22,23,27,29,30)/p+1/t12-,15+/m1/s1. The third-order valence-corrected chi connectivity index (χ3v) is 8.21. The predicted octanol–water partition coefficient (Wildman–Crippen LogP) is 0.431. The Kier molecular flexibility index (Phi) is 7.09. The van der Waals surface area contributed by atoms with Crippen molar-refractivity contribution in [1.82, 2.24) is 15.2 Å². The van der Waals surface area contributed by atoms with Crippen molar-refractivity contribution in [2.24, 2.45) is 12.2 Å². The lowest BCUT2D eigenvalue weighted by atomic mass is 9.94. The molecule has 14 heteroatoms. The van der Waals surface area contributed by atoms with Crippen LogP contribution >= 0.6 is 34.9 Å². The molecule has 0 unspecified atom stereocenters. The van der Waals surface area contributed by atoms with E-state index in [9.17, 15) is 19.5 Å². The minimum Gasteiger partial charge on any atom is -0.477 e. The van der Waals surface area contributed by atoms with E-state index >= 15 is 0 Å². The van der Waals surface area contributed by atoms with E-state index < -0.39 is 29.9 Å². The van der Waals surface area contributed by atoms with Gasteiger partial charge in [-0.2, -0.15) is 0 Å². The summed E-state index contributed by atoms with van der Waals surface area (Å²) < 4.78 is 1.91. The number of fused-ring (bicyclic) bond motifs is 1. The molecule has 2 aromatic rings. The number of nitrogens with one attached hydrogen (secondary N) is 1. The van der Waals surface area contributed by atoms with Gasteiger partial charge in [0.25, 0.3) is 11.8 Å². The first-order chi connectivity index (χ1) is 16.3. The number of carbonyl (C=O) groups is 3. The Morgan fingerprint density at radius 2 is 2.18 bits per heavy atom. The number of amides is 2. The Hall–Kier alpha value is -3.10. The number of β-lactam (4-membered cyclic amide) rings is 1. The number of nitrogens with zero attached hydrogens (tertiary/aromatic N) is 4. The summed E-state index contributed by atoms with van der Waals surface area (Å²) in [6, 6.07) is 2.52. The number of aliphatic carboxylic acids is 1. The van der Waals surface area contributed by atoms with Crippen LogP contribution in [0.15, 0.2) is 50.6 Å². The minimum atomic E-state index is -1.18. The molecule has 2 aromatic heterocycles. The fraction of sp³-hybridized carbons (Fsp3) is 0.300. The molecule has 11 nitrogen and oxygen atoms in total. The van der Waals surface area contributed by atoms with Crippen molar-refractivity contribution in [2.75, 3.05) is 24.3 Å². The number of rotatable bonds is 8. The molecule has 2 amide bonds. The van der Waals surface area contributed by atoms with Gasteiger partial charge in [-0.05, 0) is 0 Å². The maximum Gasteiger partial charge on any atom is 0.353 e. The van der Waals surface area contributed by atoms with Crippen LogP contribution in [-0.4, -0.2) is 69.2 Å². The molecule has 4 N–H and O–H groups in total. The van der Waals surface area contributed by atoms with Gasteiger partial charge in [0.15, 0.2) is 23.2 Å². The number of thiazole rings is 1. The van der Waals surface area contributed by atoms with E-state index in [0.717, 1.165) is 16.2 Å². The summed E-state index contributed by atoms with van der Waals surface area (Å²) in [5, 5.41) is 18.0. The van der Waals surface area contributed by atoms with Crippen LogP contribution in [0.1, 0.15) is 5.69 Å². The second kappa shape index (κ2) is 10.0. The Bertz CT molecular complexity index is 1200. The molecular formula is C20H21N6O5S3+. The first-order valence-electron chi connectivity index (χ1n) is 9.94. The minimum absolute atomic E-state index is 0.0382. The summed E-state index contributed by atoms with van der Waals surface area (Å²) in [6.45, 7) is 0. The van der Waals surface area contributed by atoms with E-state index in [1.807, 2.05) is 36.1 Å². The Morgan fingerprint density at radius 1 is 1.44 bits per heavy atom. The largest absolute Gasteiger partial charge is 0.477 e. The molecular weight excluding hydrogens is 500 g/mol. The first-order valence-corrected chi connectivity index (χ1v) is 12.8. The second-order valence-electron chi connectivity index (χ2n) is 7.30. The normalized spacial score (nSPS) is 20.0. The third kappa shape index (κ3) is 4.74. The molecule has 1 fully saturated rings. The van der Waals surface area contributed by atoms with Crippen LogP contribution < -0.4 is 15.6 Å². The molecule has 0 aliphatic carbocycles. The van der Waals surface area contributed by atoms with Crippen LogP contribution in [0.2, 0.25) is 0 Å². The fourth-order valence-electron chi connectivity index (χ4n) is 3.50. The van der Waals surface area contributed by atoms with Gasteiger partial charge in [0.1, 0.15) is 31.6 Å². The molecule has 0 bridgehead atoms. The molecule has 0 radical (unpaired) electrons. The summed E-state index contributed by atoms with van der Waals surface area (Å²) in [4.78, 5) is 49.4. The molecule has 178 valence electrons. The van der Waals surface area contributed by atoms with Gasteiger partial charge in [0.2, 0.25) is 0 Å². The monoisotopic (exact) mass is 521 g/mol. The van der Waals surface area contributed by atoms with Crippen LogP contribution in [0.5, 0.6) is 0 Å². The number of nitrogens with two attached hydrogens (primary N) is 1. The Labute approximate surface area is 207 Å². The summed E-state index contributed by atoms with van der Waals surface area (Å²) >= 11 is 4.02. The number of hydrogen-bond donors (Lipinski definition) is 3. The zero-order valence-corrected chi connectivity index (χ0v) is 20.6. The number of oxime groups is 1. The number of carboxylic acids is 1. The third-order valence-electron chi connectivity index (χ3n) is 5.12. The summed E-state index contributed by atoms with van der Waals surface area (Å²) in [7, 11) is 3.20. The second-order valence-corrected chi connectivity index (χ2v) is 10.3. The van der Waals surface area contributed by atoms with Gasteiger partial charge in [-0.15, -0.1) is 34.9 Å². The summed E-state index contributed by atoms with van der Waals surface area (Å²) in [5.74, 6) is -1.45. The lowest BCUT2D eigenvalue weighted by Gasteiger charge is -2.49. The van der Waals surface area contributed by atoms with E-state index in [-0.39, 0.29) is 22.2 Å². The van der Waals surface area contributed by atoms with Gasteiger partial charge in [-0.25, -0.2) is 14.3 Å². The van der Waals surface area contributed by atoms with Gasteiger partial charge in [-0.3, -0.25) is 14.5 Å². The molecule has 1 saturated heterocycles. The number of thioether (sulfide) groups is 2. The van der Waals surface area contributed by atoms with Crippen molar-refractivity contribution in [2.45, 2.75) is 17.0 Å². The average molecular weight is 522 g/mol. The van der Waals surface area contributed by atoms with Crippen molar-refractivity contribution < 1.29 is 28.9 Å². The quantitative estimate of drug-likeness (QED) is 0.148. The maximum atomic E-state index is 12.9. The number of carbonyl (C=O) groups excluding carboxylic acids is 2. The number of nitrogen functional groups attached to an aromatic ring is 1. The number of carboxylic acid groups (broad SMARTS) is 1. The van der Waals surface area contributed by atoms with Gasteiger partial charge >= 0.3 is 5.97 Å². The SMILES string of the molecule is CON=C(C(=O)N[C@@H]1C(=O)N2C(C(=O)O)=C(CSc3cc[n+](C)cc3)SC[C@H]12)c1csc(N)n1. The fourth-order valence-corrected chi connectivity index (χ4v) is 6.35. The zero-order valence-electron chi connectivity index (χ0n) is 18.1. The number of pyridine rings is 1. The maximum absolute atomic E-state index is 12.9. The highest BCUT2D eigenvalue weighted by Gasteiger charge is 2.54. The molecule has 2 atom stereocenters. The molecule has 2 aliphatic heterocycles. The number of hydrogen-bond acceptors (Lipinski definition) is 10. The molecule has 0 aromatic carbocycles. The van der Waals surface area contributed by atoms with E-state index in [1.54, 1.807) is 5.38 Å². The van der Waals surface area contributed by atoms with E-state index in [2.05, 4.69) is 15.5 Å². The van der Waals surface area contributed by atoms with Crippen LogP contribution in [0.25, 0.3) is 0 Å². The van der Waals surface area contributed by atoms with Crippen molar-refractivity contribution in [3.63, 3.8) is 0 Å². The highest BCUT2D eigenvalue weighted by molar-refractivity contribution is 8.06. The van der Waals surface area contributed by atoms with Gasteiger partial charge in [-0.1, -0.05) is 5.16 Å². The molecule has 4 rings (SSSR count). The Balaban J connectivity index is 1.48. The predicted molar refractivity (Wildman–Crippen MR) is 128 cm³/mol. The highest BCUT2D eigenvalue weighted by atomic mass is 32.2. The first kappa shape index (κ1) is 24.0. The zero-order chi connectivity index (χ0) is 24.4. The lowest BCUT2D eigenvalue weighted by Crippen LogP contribution is -2.73. The molecule has 2 aliphatic rings. The van der Waals surface area contributed by atoms with Gasteiger partial charge in [0, 0.05) is 38.8 Å². The molecule has 34 heavy (non-hydrogen) atoms. The summed E-state index contributed by atoms with van der Waals surface area (Å²) in [6.07, 6.45) is 3.82. The molecule has 0 spiro atoms. The van der Waals surface area contributed by atoms with Crippen molar-refractivity contribution >= 4 is 63.5 Å². The molecule has 4 heterocycles. The van der Waals surface area contributed by atoms with E-state index in [1.165, 1.54) is 35.5 Å². The smallest absolute Gasteiger partial charge is 0.353 e. The molecule has 0 saturated carbocycles. The topological polar surface area (TPSA) is 151 Å². The van der Waals surface area contributed by atoms with Crippen molar-refractivity contribution in [1.29, 1.82) is 0 Å². The van der Waals surface area contributed by atoms with Crippen LogP contribution in [0.4, 0.5) is 5.13 Å². The van der Waals surface area contributed by atoms with Crippen LogP contribution in [0.3, 0.4) is 0 Å². The van der Waals surface area contributed by atoms with Crippen molar-refractivity contribution in [3.05, 3.63) is 46.2 Å². The van der Waals surface area contributed by atoms with Crippen LogP contribution in [0, 0.1) is 0 Å².